The van der Waals surface area contributed by atoms with Crippen molar-refractivity contribution in [3.63, 3.8) is 0 Å². The molecule has 1 aliphatic carbocycles. The van der Waals surface area contributed by atoms with Crippen LogP contribution in [-0.4, -0.2) is 26.2 Å². The second kappa shape index (κ2) is 6.61. The van der Waals surface area contributed by atoms with Crippen molar-refractivity contribution < 1.29 is 0 Å². The zero-order valence-electron chi connectivity index (χ0n) is 11.6. The van der Waals surface area contributed by atoms with Crippen LogP contribution in [-0.2, 0) is 0 Å². The normalized spacial score (nSPS) is 27.0. The topological polar surface area (TPSA) is 24.1 Å². The smallest absolute Gasteiger partial charge is 0.00642 e. The van der Waals surface area contributed by atoms with E-state index in [1.807, 2.05) is 0 Å². The molecular formula is C14H30N2. The minimum Gasteiger partial charge on any atom is -0.317 e. The van der Waals surface area contributed by atoms with Crippen LogP contribution in [0, 0.1) is 11.3 Å². The first-order chi connectivity index (χ1) is 7.51. The molecule has 0 aromatic rings. The van der Waals surface area contributed by atoms with E-state index in [4.69, 9.17) is 0 Å². The molecule has 1 saturated carbocycles. The van der Waals surface area contributed by atoms with Crippen LogP contribution in [0.3, 0.4) is 0 Å². The molecule has 0 amide bonds. The summed E-state index contributed by atoms with van der Waals surface area (Å²) in [5.74, 6) is 0.921. The quantitative estimate of drug-likeness (QED) is 0.704. The Kier molecular flexibility index (Phi) is 5.77. The van der Waals surface area contributed by atoms with Gasteiger partial charge in [0.25, 0.3) is 0 Å². The summed E-state index contributed by atoms with van der Waals surface area (Å²) in [6.45, 7) is 9.34. The molecule has 0 unspecified atom stereocenters. The van der Waals surface area contributed by atoms with Gasteiger partial charge in [-0.1, -0.05) is 20.8 Å². The fraction of sp³-hybridized carbons (Fsp3) is 1.00. The molecule has 0 bridgehead atoms. The van der Waals surface area contributed by atoms with Crippen LogP contribution in [0.2, 0.25) is 0 Å². The fourth-order valence-corrected chi connectivity index (χ4v) is 2.42. The molecule has 1 aliphatic rings. The maximum Gasteiger partial charge on any atom is 0.00642 e. The van der Waals surface area contributed by atoms with E-state index in [0.717, 1.165) is 12.0 Å². The van der Waals surface area contributed by atoms with Gasteiger partial charge in [0.05, 0.1) is 0 Å². The Morgan fingerprint density at radius 3 is 2.19 bits per heavy atom. The summed E-state index contributed by atoms with van der Waals surface area (Å²) >= 11 is 0. The van der Waals surface area contributed by atoms with Gasteiger partial charge >= 0.3 is 0 Å². The van der Waals surface area contributed by atoms with Crippen LogP contribution >= 0.6 is 0 Å². The summed E-state index contributed by atoms with van der Waals surface area (Å²) in [6, 6.07) is 0.783. The first-order valence-electron chi connectivity index (χ1n) is 6.89. The number of hydrogen-bond donors (Lipinski definition) is 2. The molecule has 0 atom stereocenters. The van der Waals surface area contributed by atoms with Crippen LogP contribution in [0.1, 0.15) is 52.9 Å². The maximum atomic E-state index is 3.62. The lowest BCUT2D eigenvalue weighted by molar-refractivity contribution is 0.285. The standard InChI is InChI=1S/C14H30N2/c1-14(2,3)9-10-16-11-12-5-7-13(15-4)8-6-12/h12-13,15-16H,5-11H2,1-4H3. The highest BCUT2D eigenvalue weighted by molar-refractivity contribution is 4.77. The van der Waals surface area contributed by atoms with Gasteiger partial charge in [-0.3, -0.25) is 0 Å². The predicted molar refractivity (Wildman–Crippen MR) is 71.7 cm³/mol. The summed E-state index contributed by atoms with van der Waals surface area (Å²) in [5.41, 5.74) is 0.469. The van der Waals surface area contributed by atoms with Crippen LogP contribution in [0.25, 0.3) is 0 Å². The molecule has 2 N–H and O–H groups in total. The van der Waals surface area contributed by atoms with Gasteiger partial charge in [0, 0.05) is 6.04 Å². The van der Waals surface area contributed by atoms with Gasteiger partial charge in [-0.25, -0.2) is 0 Å². The van der Waals surface area contributed by atoms with Crippen LogP contribution < -0.4 is 10.6 Å². The van der Waals surface area contributed by atoms with Gasteiger partial charge in [-0.2, -0.15) is 0 Å². The predicted octanol–water partition coefficient (Wildman–Crippen LogP) is 2.79. The Bertz CT molecular complexity index is 176. The lowest BCUT2D eigenvalue weighted by atomic mass is 9.86. The minimum absolute atomic E-state index is 0.469. The zero-order valence-corrected chi connectivity index (χ0v) is 11.6. The lowest BCUT2D eigenvalue weighted by Crippen LogP contribution is -2.34. The Morgan fingerprint density at radius 1 is 1.06 bits per heavy atom. The fourth-order valence-electron chi connectivity index (χ4n) is 2.42. The van der Waals surface area contributed by atoms with Crippen molar-refractivity contribution in [1.29, 1.82) is 0 Å². The van der Waals surface area contributed by atoms with Crippen LogP contribution in [0.5, 0.6) is 0 Å². The molecule has 96 valence electrons. The Morgan fingerprint density at radius 2 is 1.69 bits per heavy atom. The average molecular weight is 226 g/mol. The van der Waals surface area contributed by atoms with Crippen molar-refractivity contribution in [3.05, 3.63) is 0 Å². The molecule has 0 aliphatic heterocycles. The zero-order chi connectivity index (χ0) is 12.0. The van der Waals surface area contributed by atoms with Crippen LogP contribution in [0.15, 0.2) is 0 Å². The van der Waals surface area contributed by atoms with E-state index in [0.29, 0.717) is 5.41 Å². The molecule has 2 heteroatoms. The lowest BCUT2D eigenvalue weighted by Gasteiger charge is -2.28. The largest absolute Gasteiger partial charge is 0.317 e. The SMILES string of the molecule is CNC1CCC(CNCCC(C)(C)C)CC1. The molecule has 0 aromatic heterocycles. The minimum atomic E-state index is 0.469. The van der Waals surface area contributed by atoms with Crippen molar-refractivity contribution in [2.75, 3.05) is 20.1 Å². The third-order valence-electron chi connectivity index (χ3n) is 3.74. The molecule has 0 saturated heterocycles. The first kappa shape index (κ1) is 14.0. The van der Waals surface area contributed by atoms with Gasteiger partial charge in [-0.15, -0.1) is 0 Å². The van der Waals surface area contributed by atoms with E-state index < -0.39 is 0 Å². The first-order valence-corrected chi connectivity index (χ1v) is 6.89. The Labute approximate surface area is 102 Å². The molecule has 1 fully saturated rings. The van der Waals surface area contributed by atoms with Crippen molar-refractivity contribution in [1.82, 2.24) is 10.6 Å². The third kappa shape index (κ3) is 5.86. The van der Waals surface area contributed by atoms with E-state index in [9.17, 15) is 0 Å². The van der Waals surface area contributed by atoms with Crippen molar-refractivity contribution in [3.8, 4) is 0 Å². The highest BCUT2D eigenvalue weighted by Crippen LogP contribution is 2.23. The van der Waals surface area contributed by atoms with E-state index in [1.165, 1.54) is 45.2 Å². The van der Waals surface area contributed by atoms with Gasteiger partial charge in [0.1, 0.15) is 0 Å². The highest BCUT2D eigenvalue weighted by Gasteiger charge is 2.19. The summed E-state index contributed by atoms with van der Waals surface area (Å²) < 4.78 is 0. The van der Waals surface area contributed by atoms with Crippen molar-refractivity contribution >= 4 is 0 Å². The van der Waals surface area contributed by atoms with Gasteiger partial charge in [0.15, 0.2) is 0 Å². The Balaban J connectivity index is 2.02. The second-order valence-electron chi connectivity index (χ2n) is 6.52. The third-order valence-corrected chi connectivity index (χ3v) is 3.74. The number of nitrogens with one attached hydrogen (secondary N) is 2. The molecule has 2 nitrogen and oxygen atoms in total. The van der Waals surface area contributed by atoms with Gasteiger partial charge in [0.2, 0.25) is 0 Å². The molecule has 0 heterocycles. The summed E-state index contributed by atoms with van der Waals surface area (Å²) in [5, 5.41) is 7.02. The molecular weight excluding hydrogens is 196 g/mol. The van der Waals surface area contributed by atoms with Gasteiger partial charge in [-0.05, 0) is 63.6 Å². The molecule has 0 aromatic carbocycles. The molecule has 1 rings (SSSR count). The summed E-state index contributed by atoms with van der Waals surface area (Å²) in [4.78, 5) is 0. The maximum absolute atomic E-state index is 3.62. The Hall–Kier alpha value is -0.0800. The average Bonchev–Trinajstić information content (AvgIpc) is 2.24. The van der Waals surface area contributed by atoms with E-state index in [-0.39, 0.29) is 0 Å². The van der Waals surface area contributed by atoms with E-state index in [2.05, 4.69) is 38.5 Å². The summed E-state index contributed by atoms with van der Waals surface area (Å²) in [6.07, 6.45) is 6.80. The van der Waals surface area contributed by atoms with Crippen molar-refractivity contribution in [2.45, 2.75) is 58.9 Å². The number of hydrogen-bond acceptors (Lipinski definition) is 2. The van der Waals surface area contributed by atoms with Crippen molar-refractivity contribution in [2.24, 2.45) is 11.3 Å². The summed E-state index contributed by atoms with van der Waals surface area (Å²) in [7, 11) is 2.09. The van der Waals surface area contributed by atoms with E-state index in [1.54, 1.807) is 0 Å². The second-order valence-corrected chi connectivity index (χ2v) is 6.52. The van der Waals surface area contributed by atoms with Gasteiger partial charge < -0.3 is 10.6 Å². The highest BCUT2D eigenvalue weighted by atomic mass is 14.9. The number of rotatable bonds is 5. The molecule has 0 radical (unpaired) electrons. The van der Waals surface area contributed by atoms with E-state index >= 15 is 0 Å². The molecule has 0 spiro atoms. The monoisotopic (exact) mass is 226 g/mol. The molecule has 16 heavy (non-hydrogen) atoms. The van der Waals surface area contributed by atoms with Crippen LogP contribution in [0.4, 0.5) is 0 Å².